The first-order chi connectivity index (χ1) is 9.13. The molecule has 2 N–H and O–H groups in total. The van der Waals surface area contributed by atoms with Crippen molar-refractivity contribution in [2.45, 2.75) is 26.5 Å². The number of aromatic nitrogens is 1. The maximum absolute atomic E-state index is 9.99. The van der Waals surface area contributed by atoms with Gasteiger partial charge in [-0.05, 0) is 25.3 Å². The molecule has 0 spiro atoms. The first-order valence-electron chi connectivity index (χ1n) is 5.98. The molecule has 2 aromatic rings. The molecule has 2 aromatic heterocycles. The van der Waals surface area contributed by atoms with Gasteiger partial charge in [0.2, 0.25) is 0 Å². The van der Waals surface area contributed by atoms with E-state index in [0.29, 0.717) is 16.8 Å². The smallest absolute Gasteiger partial charge is 0.145 e. The van der Waals surface area contributed by atoms with Crippen LogP contribution in [0.5, 0.6) is 5.75 Å². The summed E-state index contributed by atoms with van der Waals surface area (Å²) < 4.78 is 0. The van der Waals surface area contributed by atoms with Crippen LogP contribution >= 0.6 is 11.3 Å². The van der Waals surface area contributed by atoms with Crippen LogP contribution in [-0.2, 0) is 6.61 Å². The zero-order chi connectivity index (χ0) is 13.8. The minimum Gasteiger partial charge on any atom is -0.505 e. The highest BCUT2D eigenvalue weighted by Crippen LogP contribution is 2.25. The highest BCUT2D eigenvalue weighted by Gasteiger charge is 2.10. The van der Waals surface area contributed by atoms with Gasteiger partial charge in [0, 0.05) is 28.4 Å². The quantitative estimate of drug-likeness (QED) is 0.844. The summed E-state index contributed by atoms with van der Waals surface area (Å²) in [5, 5.41) is 21.3. The number of rotatable bonds is 4. The predicted octanol–water partition coefficient (Wildman–Crippen LogP) is 2.83. The van der Waals surface area contributed by atoms with Gasteiger partial charge in [-0.2, -0.15) is 0 Å². The molecule has 4 nitrogen and oxygen atoms in total. The first-order valence-corrected chi connectivity index (χ1v) is 6.86. The van der Waals surface area contributed by atoms with Gasteiger partial charge >= 0.3 is 0 Å². The van der Waals surface area contributed by atoms with Crippen molar-refractivity contribution in [1.82, 2.24) is 4.98 Å². The van der Waals surface area contributed by atoms with E-state index in [1.807, 2.05) is 24.4 Å². The number of hydrogen-bond donors (Lipinski definition) is 2. The van der Waals surface area contributed by atoms with E-state index in [-0.39, 0.29) is 18.4 Å². The first kappa shape index (κ1) is 13.7. The Morgan fingerprint density at radius 3 is 2.95 bits per heavy atom. The Morgan fingerprint density at radius 1 is 1.53 bits per heavy atom. The van der Waals surface area contributed by atoms with E-state index < -0.39 is 0 Å². The van der Waals surface area contributed by atoms with Crippen molar-refractivity contribution in [3.05, 3.63) is 45.4 Å². The summed E-state index contributed by atoms with van der Waals surface area (Å²) in [7, 11) is 0. The molecular weight excluding hydrogens is 260 g/mol. The fraction of sp³-hybridized carbons (Fsp3) is 0.286. The van der Waals surface area contributed by atoms with E-state index in [1.54, 1.807) is 30.7 Å². The zero-order valence-corrected chi connectivity index (χ0v) is 11.7. The number of aryl methyl sites for hydroxylation is 1. The van der Waals surface area contributed by atoms with Crippen LogP contribution in [-0.4, -0.2) is 21.4 Å². The highest BCUT2D eigenvalue weighted by molar-refractivity contribution is 7.10. The summed E-state index contributed by atoms with van der Waals surface area (Å²) in [6.45, 7) is 3.54. The summed E-state index contributed by atoms with van der Waals surface area (Å²) >= 11 is 1.65. The average Bonchev–Trinajstić information content (AvgIpc) is 2.94. The molecule has 0 amide bonds. The molecular formula is C14H16N2O2S. The summed E-state index contributed by atoms with van der Waals surface area (Å²) in [6.07, 6.45) is 3.17. The minimum absolute atomic E-state index is 0.0272. The van der Waals surface area contributed by atoms with Crippen LogP contribution in [0.1, 0.15) is 34.7 Å². The fourth-order valence-electron chi connectivity index (χ4n) is 1.71. The number of hydrogen-bond acceptors (Lipinski definition) is 5. The predicted molar refractivity (Wildman–Crippen MR) is 76.9 cm³/mol. The molecule has 0 unspecified atom stereocenters. The Bertz CT molecular complexity index is 579. The zero-order valence-electron chi connectivity index (χ0n) is 10.9. The largest absolute Gasteiger partial charge is 0.505 e. The number of aliphatic hydroxyl groups is 1. The molecule has 0 fully saturated rings. The SMILES string of the molecule is Cc1ncc(CO)c(C=N[C@H](C)c2cccs2)c1O. The second-order valence-electron chi connectivity index (χ2n) is 4.26. The molecule has 100 valence electrons. The van der Waals surface area contributed by atoms with Crippen molar-refractivity contribution in [2.75, 3.05) is 0 Å². The number of aliphatic hydroxyl groups excluding tert-OH is 1. The molecule has 0 aromatic carbocycles. The number of nitrogens with zero attached hydrogens (tertiary/aromatic N) is 2. The molecule has 0 saturated heterocycles. The molecule has 5 heteroatoms. The molecule has 0 aliphatic rings. The maximum Gasteiger partial charge on any atom is 0.145 e. The topological polar surface area (TPSA) is 65.7 Å². The molecule has 0 aliphatic heterocycles. The lowest BCUT2D eigenvalue weighted by atomic mass is 10.1. The minimum atomic E-state index is -0.171. The molecule has 0 saturated carbocycles. The van der Waals surface area contributed by atoms with Crippen LogP contribution in [0.25, 0.3) is 0 Å². The van der Waals surface area contributed by atoms with Gasteiger partial charge < -0.3 is 10.2 Å². The standard InChI is InChI=1S/C14H16N2O2S/c1-9(13-4-3-5-19-13)16-7-12-11(8-17)6-15-10(2)14(12)18/h3-7,9,17-18H,8H2,1-2H3/t9-/m1/s1. The van der Waals surface area contributed by atoms with Crippen LogP contribution in [0.3, 0.4) is 0 Å². The number of pyridine rings is 1. The Morgan fingerprint density at radius 2 is 2.32 bits per heavy atom. The Balaban J connectivity index is 2.30. The van der Waals surface area contributed by atoms with Gasteiger partial charge in [0.1, 0.15) is 5.75 Å². The second-order valence-corrected chi connectivity index (χ2v) is 5.24. The van der Waals surface area contributed by atoms with Gasteiger partial charge in [-0.1, -0.05) is 6.07 Å². The Kier molecular flexibility index (Phi) is 4.29. The summed E-state index contributed by atoms with van der Waals surface area (Å²) in [4.78, 5) is 9.61. The van der Waals surface area contributed by atoms with E-state index in [2.05, 4.69) is 9.98 Å². The average molecular weight is 276 g/mol. The van der Waals surface area contributed by atoms with Crippen molar-refractivity contribution in [3.8, 4) is 5.75 Å². The second kappa shape index (κ2) is 5.95. The third-order valence-electron chi connectivity index (χ3n) is 2.91. The van der Waals surface area contributed by atoms with Crippen LogP contribution in [0.4, 0.5) is 0 Å². The lowest BCUT2D eigenvalue weighted by Crippen LogP contribution is -1.99. The van der Waals surface area contributed by atoms with Crippen molar-refractivity contribution in [2.24, 2.45) is 4.99 Å². The molecule has 2 rings (SSSR count). The third-order valence-corrected chi connectivity index (χ3v) is 3.95. The van der Waals surface area contributed by atoms with E-state index in [1.165, 1.54) is 0 Å². The molecule has 19 heavy (non-hydrogen) atoms. The van der Waals surface area contributed by atoms with Gasteiger partial charge in [-0.25, -0.2) is 0 Å². The van der Waals surface area contributed by atoms with E-state index in [0.717, 1.165) is 4.88 Å². The number of thiophene rings is 1. The lowest BCUT2D eigenvalue weighted by molar-refractivity contribution is 0.280. The van der Waals surface area contributed by atoms with Crippen LogP contribution in [0.15, 0.2) is 28.7 Å². The van der Waals surface area contributed by atoms with Crippen LogP contribution in [0.2, 0.25) is 0 Å². The van der Waals surface area contributed by atoms with Gasteiger partial charge in [0.15, 0.2) is 0 Å². The fourth-order valence-corrected chi connectivity index (χ4v) is 2.44. The van der Waals surface area contributed by atoms with E-state index >= 15 is 0 Å². The Labute approximate surface area is 116 Å². The maximum atomic E-state index is 9.99. The van der Waals surface area contributed by atoms with Crippen LogP contribution in [0, 0.1) is 6.92 Å². The number of aromatic hydroxyl groups is 1. The van der Waals surface area contributed by atoms with Crippen molar-refractivity contribution < 1.29 is 10.2 Å². The Hall–Kier alpha value is -1.72. The third kappa shape index (κ3) is 3.00. The molecule has 1 atom stereocenters. The van der Waals surface area contributed by atoms with Crippen molar-refractivity contribution in [3.63, 3.8) is 0 Å². The van der Waals surface area contributed by atoms with Gasteiger partial charge in [-0.15, -0.1) is 11.3 Å². The van der Waals surface area contributed by atoms with Gasteiger partial charge in [-0.3, -0.25) is 9.98 Å². The number of aliphatic imine (C=N–C) groups is 1. The molecule has 0 radical (unpaired) electrons. The monoisotopic (exact) mass is 276 g/mol. The molecule has 2 heterocycles. The molecule has 0 bridgehead atoms. The normalized spacial score (nSPS) is 13.0. The lowest BCUT2D eigenvalue weighted by Gasteiger charge is -2.08. The van der Waals surface area contributed by atoms with Gasteiger partial charge in [0.05, 0.1) is 18.3 Å². The molecule has 0 aliphatic carbocycles. The summed E-state index contributed by atoms with van der Waals surface area (Å²) in [5.41, 5.74) is 1.64. The van der Waals surface area contributed by atoms with Crippen molar-refractivity contribution >= 4 is 17.6 Å². The summed E-state index contributed by atoms with van der Waals surface area (Å²) in [5.74, 6) is 0.0775. The van der Waals surface area contributed by atoms with Gasteiger partial charge in [0.25, 0.3) is 0 Å². The van der Waals surface area contributed by atoms with Crippen LogP contribution < -0.4 is 0 Å². The highest BCUT2D eigenvalue weighted by atomic mass is 32.1. The summed E-state index contributed by atoms with van der Waals surface area (Å²) in [6, 6.07) is 4.04. The van der Waals surface area contributed by atoms with E-state index in [9.17, 15) is 10.2 Å². The van der Waals surface area contributed by atoms with Crippen molar-refractivity contribution in [1.29, 1.82) is 0 Å². The van der Waals surface area contributed by atoms with E-state index in [4.69, 9.17) is 0 Å².